The van der Waals surface area contributed by atoms with Crippen molar-refractivity contribution in [3.8, 4) is 0 Å². The number of carbonyl (C=O) groups is 2. The van der Waals surface area contributed by atoms with Crippen molar-refractivity contribution in [1.82, 2.24) is 9.80 Å². The van der Waals surface area contributed by atoms with Crippen LogP contribution in [0.25, 0.3) is 0 Å². The lowest BCUT2D eigenvalue weighted by molar-refractivity contribution is -0.134. The van der Waals surface area contributed by atoms with Crippen LogP contribution in [0.2, 0.25) is 0 Å². The van der Waals surface area contributed by atoms with Crippen molar-refractivity contribution in [3.05, 3.63) is 22.4 Å². The highest BCUT2D eigenvalue weighted by molar-refractivity contribution is 7.08. The largest absolute Gasteiger partial charge is 0.338 e. The van der Waals surface area contributed by atoms with E-state index in [1.165, 1.54) is 11.3 Å². The quantitative estimate of drug-likeness (QED) is 0.897. The van der Waals surface area contributed by atoms with Gasteiger partial charge in [-0.15, -0.1) is 0 Å². The maximum absolute atomic E-state index is 12.2. The Hall–Kier alpha value is -1.40. The van der Waals surface area contributed by atoms with Gasteiger partial charge in [0.05, 0.1) is 11.6 Å². The third-order valence-corrected chi connectivity index (χ3v) is 4.52. The van der Waals surface area contributed by atoms with Crippen LogP contribution in [0, 0.1) is 0 Å². The lowest BCUT2D eigenvalue weighted by atomic mass is 10.1. The van der Waals surface area contributed by atoms with Gasteiger partial charge in [-0.05, 0) is 17.9 Å². The molecule has 2 amide bonds. The van der Waals surface area contributed by atoms with E-state index in [9.17, 15) is 9.59 Å². The van der Waals surface area contributed by atoms with Crippen LogP contribution in [0.1, 0.15) is 36.5 Å². The third-order valence-electron chi connectivity index (χ3n) is 3.83. The molecule has 2 rings (SSSR count). The molecule has 21 heavy (non-hydrogen) atoms. The summed E-state index contributed by atoms with van der Waals surface area (Å²) in [6.45, 7) is 4.41. The molecule has 116 valence electrons. The molecule has 2 heterocycles. The number of nitrogens with two attached hydrogens (primary N) is 1. The highest BCUT2D eigenvalue weighted by atomic mass is 32.1. The maximum Gasteiger partial charge on any atom is 0.254 e. The van der Waals surface area contributed by atoms with E-state index in [4.69, 9.17) is 5.73 Å². The van der Waals surface area contributed by atoms with E-state index in [-0.39, 0.29) is 11.8 Å². The maximum atomic E-state index is 12.2. The fourth-order valence-electron chi connectivity index (χ4n) is 2.48. The minimum absolute atomic E-state index is 0.0195. The van der Waals surface area contributed by atoms with E-state index in [1.807, 2.05) is 21.7 Å². The summed E-state index contributed by atoms with van der Waals surface area (Å²) in [5, 5.41) is 3.76. The molecule has 1 fully saturated rings. The van der Waals surface area contributed by atoms with Crippen molar-refractivity contribution in [2.45, 2.75) is 32.2 Å². The second kappa shape index (κ2) is 7.56. The predicted octanol–water partition coefficient (Wildman–Crippen LogP) is 1.55. The monoisotopic (exact) mass is 309 g/mol. The topological polar surface area (TPSA) is 66.6 Å². The highest BCUT2D eigenvalue weighted by Gasteiger charge is 2.27. The van der Waals surface area contributed by atoms with Crippen molar-refractivity contribution in [1.29, 1.82) is 0 Å². The number of hydrogen-bond donors (Lipinski definition) is 1. The van der Waals surface area contributed by atoms with Gasteiger partial charge >= 0.3 is 0 Å². The van der Waals surface area contributed by atoms with E-state index in [0.29, 0.717) is 26.2 Å². The Labute approximate surface area is 129 Å². The van der Waals surface area contributed by atoms with Gasteiger partial charge in [0, 0.05) is 31.6 Å². The van der Waals surface area contributed by atoms with Crippen molar-refractivity contribution in [2.75, 3.05) is 26.2 Å². The van der Waals surface area contributed by atoms with Crippen LogP contribution >= 0.6 is 11.3 Å². The molecule has 1 atom stereocenters. The van der Waals surface area contributed by atoms with E-state index < -0.39 is 6.04 Å². The molecule has 1 aliphatic heterocycles. The molecular formula is C15H23N3O2S. The highest BCUT2D eigenvalue weighted by Crippen LogP contribution is 2.13. The molecule has 1 aromatic heterocycles. The first-order valence-electron chi connectivity index (χ1n) is 7.49. The molecule has 0 unspecified atom stereocenters. The van der Waals surface area contributed by atoms with Crippen LogP contribution in [0.3, 0.4) is 0 Å². The van der Waals surface area contributed by atoms with E-state index in [2.05, 4.69) is 6.92 Å². The first kappa shape index (κ1) is 16.0. The van der Waals surface area contributed by atoms with E-state index in [0.717, 1.165) is 24.8 Å². The fourth-order valence-corrected chi connectivity index (χ4v) is 3.11. The summed E-state index contributed by atoms with van der Waals surface area (Å²) in [6.07, 6.45) is 2.76. The van der Waals surface area contributed by atoms with Crippen LogP contribution in [0.5, 0.6) is 0 Å². The number of carbonyl (C=O) groups excluding carboxylic acids is 2. The number of thiophene rings is 1. The van der Waals surface area contributed by atoms with Crippen molar-refractivity contribution in [3.63, 3.8) is 0 Å². The Balaban J connectivity index is 1.83. The number of piperazine rings is 1. The van der Waals surface area contributed by atoms with Gasteiger partial charge in [-0.2, -0.15) is 11.3 Å². The molecule has 0 aliphatic carbocycles. The van der Waals surface area contributed by atoms with Crippen molar-refractivity contribution in [2.24, 2.45) is 5.73 Å². The van der Waals surface area contributed by atoms with Gasteiger partial charge in [0.1, 0.15) is 0 Å². The Morgan fingerprint density at radius 2 is 1.95 bits per heavy atom. The standard InChI is InChI=1S/C15H23N3O2S/c1-2-3-4-13(16)15(20)18-8-6-17(7-9-18)14(19)12-5-10-21-11-12/h5,10-11,13H,2-4,6-9,16H2,1H3/t13-/m0/s1. The molecule has 6 heteroatoms. The predicted molar refractivity (Wildman–Crippen MR) is 84.3 cm³/mol. The lowest BCUT2D eigenvalue weighted by Gasteiger charge is -2.35. The molecule has 1 aliphatic rings. The molecule has 0 bridgehead atoms. The molecule has 0 saturated carbocycles. The molecule has 2 N–H and O–H groups in total. The molecule has 0 radical (unpaired) electrons. The Bertz CT molecular complexity index is 467. The second-order valence-electron chi connectivity index (χ2n) is 5.38. The molecule has 5 nitrogen and oxygen atoms in total. The van der Waals surface area contributed by atoms with Gasteiger partial charge in [0.2, 0.25) is 5.91 Å². The van der Waals surface area contributed by atoms with Crippen LogP contribution in [-0.2, 0) is 4.79 Å². The number of nitrogens with zero attached hydrogens (tertiary/aromatic N) is 2. The smallest absolute Gasteiger partial charge is 0.254 e. The molecule has 0 spiro atoms. The van der Waals surface area contributed by atoms with Gasteiger partial charge in [-0.1, -0.05) is 19.8 Å². The van der Waals surface area contributed by atoms with Gasteiger partial charge in [0.15, 0.2) is 0 Å². The van der Waals surface area contributed by atoms with E-state index in [1.54, 1.807) is 4.90 Å². The summed E-state index contributed by atoms with van der Waals surface area (Å²) in [6, 6.07) is 1.44. The number of amides is 2. The summed E-state index contributed by atoms with van der Waals surface area (Å²) in [5.74, 6) is 0.0738. The lowest BCUT2D eigenvalue weighted by Crippen LogP contribution is -2.54. The number of hydrogen-bond acceptors (Lipinski definition) is 4. The fraction of sp³-hybridized carbons (Fsp3) is 0.600. The number of rotatable bonds is 5. The van der Waals surface area contributed by atoms with Gasteiger partial charge in [0.25, 0.3) is 5.91 Å². The van der Waals surface area contributed by atoms with Crippen LogP contribution in [-0.4, -0.2) is 53.8 Å². The zero-order chi connectivity index (χ0) is 15.2. The Morgan fingerprint density at radius 3 is 2.52 bits per heavy atom. The second-order valence-corrected chi connectivity index (χ2v) is 6.16. The molecule has 1 saturated heterocycles. The minimum atomic E-state index is -0.399. The SMILES string of the molecule is CCCC[C@H](N)C(=O)N1CCN(C(=O)c2ccsc2)CC1. The average molecular weight is 309 g/mol. The number of unbranched alkanes of at least 4 members (excludes halogenated alkanes) is 1. The zero-order valence-corrected chi connectivity index (χ0v) is 13.3. The summed E-state index contributed by atoms with van der Waals surface area (Å²) in [5.41, 5.74) is 6.67. The average Bonchev–Trinajstić information content (AvgIpc) is 3.05. The molecular weight excluding hydrogens is 286 g/mol. The summed E-state index contributed by atoms with van der Waals surface area (Å²) in [7, 11) is 0. The Morgan fingerprint density at radius 1 is 1.29 bits per heavy atom. The minimum Gasteiger partial charge on any atom is -0.338 e. The summed E-state index contributed by atoms with van der Waals surface area (Å²) < 4.78 is 0. The van der Waals surface area contributed by atoms with Crippen molar-refractivity contribution >= 4 is 23.2 Å². The molecule has 0 aromatic carbocycles. The first-order chi connectivity index (χ1) is 10.1. The van der Waals surface area contributed by atoms with Crippen LogP contribution < -0.4 is 5.73 Å². The van der Waals surface area contributed by atoms with Gasteiger partial charge in [-0.25, -0.2) is 0 Å². The normalized spacial score (nSPS) is 16.9. The van der Waals surface area contributed by atoms with E-state index >= 15 is 0 Å². The third kappa shape index (κ3) is 4.04. The summed E-state index contributed by atoms with van der Waals surface area (Å²) >= 11 is 1.52. The Kier molecular flexibility index (Phi) is 5.76. The van der Waals surface area contributed by atoms with Gasteiger partial charge in [-0.3, -0.25) is 9.59 Å². The first-order valence-corrected chi connectivity index (χ1v) is 8.43. The van der Waals surface area contributed by atoms with Crippen LogP contribution in [0.15, 0.2) is 16.8 Å². The molecule has 1 aromatic rings. The van der Waals surface area contributed by atoms with Gasteiger partial charge < -0.3 is 15.5 Å². The zero-order valence-electron chi connectivity index (χ0n) is 12.5. The van der Waals surface area contributed by atoms with Crippen molar-refractivity contribution < 1.29 is 9.59 Å². The summed E-state index contributed by atoms with van der Waals surface area (Å²) in [4.78, 5) is 28.0. The van der Waals surface area contributed by atoms with Crippen LogP contribution in [0.4, 0.5) is 0 Å².